The Kier molecular flexibility index (Phi) is 5.51. The van der Waals surface area contributed by atoms with Gasteiger partial charge in [-0.15, -0.1) is 0 Å². The Morgan fingerprint density at radius 2 is 1.96 bits per heavy atom. The highest BCUT2D eigenvalue weighted by molar-refractivity contribution is 9.10. The second kappa shape index (κ2) is 7.79. The average Bonchev–Trinajstić information content (AvgIpc) is 2.59. The number of carbonyl (C=O) groups excluding carboxylic acids is 1. The third-order valence-electron chi connectivity index (χ3n) is 4.40. The van der Waals surface area contributed by atoms with Gasteiger partial charge in [0, 0.05) is 28.1 Å². The Hall–Kier alpha value is -1.88. The largest absolute Gasteiger partial charge is 0.355 e. The second-order valence-electron chi connectivity index (χ2n) is 6.32. The number of rotatable bonds is 4. The molecular formula is C19H22BrN3O. The fourth-order valence-electron chi connectivity index (χ4n) is 3.06. The molecule has 0 saturated heterocycles. The van der Waals surface area contributed by atoms with Gasteiger partial charge in [0.2, 0.25) is 0 Å². The van der Waals surface area contributed by atoms with Gasteiger partial charge < -0.3 is 10.6 Å². The molecule has 126 valence electrons. The van der Waals surface area contributed by atoms with Crippen molar-refractivity contribution in [1.29, 1.82) is 0 Å². The van der Waals surface area contributed by atoms with E-state index in [4.69, 9.17) is 0 Å². The molecule has 0 aliphatic heterocycles. The molecule has 0 unspecified atom stereocenters. The van der Waals surface area contributed by atoms with E-state index in [0.717, 1.165) is 34.3 Å². The molecule has 0 bridgehead atoms. The van der Waals surface area contributed by atoms with Crippen molar-refractivity contribution in [1.82, 2.24) is 10.3 Å². The van der Waals surface area contributed by atoms with Gasteiger partial charge in [0.15, 0.2) is 0 Å². The van der Waals surface area contributed by atoms with Crippen molar-refractivity contribution in [3.8, 4) is 0 Å². The first-order chi connectivity index (χ1) is 11.6. The van der Waals surface area contributed by atoms with E-state index in [9.17, 15) is 4.79 Å². The monoisotopic (exact) mass is 387 g/mol. The maximum Gasteiger partial charge on any atom is 0.270 e. The smallest absolute Gasteiger partial charge is 0.270 e. The predicted octanol–water partition coefficient (Wildman–Crippen LogP) is 4.96. The third kappa shape index (κ3) is 4.35. The summed E-state index contributed by atoms with van der Waals surface area (Å²) in [5.41, 5.74) is 3.47. The summed E-state index contributed by atoms with van der Waals surface area (Å²) in [7, 11) is 0. The van der Waals surface area contributed by atoms with Gasteiger partial charge in [-0.05, 0) is 55.7 Å². The van der Waals surface area contributed by atoms with Gasteiger partial charge in [0.05, 0.1) is 0 Å². The lowest BCUT2D eigenvalue weighted by molar-refractivity contribution is 0.0922. The maximum atomic E-state index is 12.4. The van der Waals surface area contributed by atoms with E-state index in [1.165, 1.54) is 19.3 Å². The molecule has 0 radical (unpaired) electrons. The molecule has 2 aromatic rings. The third-order valence-corrected chi connectivity index (χ3v) is 4.89. The SMILES string of the molecule is Cc1cc(Br)ccc1Nc1ccnc(C(=O)NC2CCCCC2)c1. The first kappa shape index (κ1) is 17.0. The van der Waals surface area contributed by atoms with E-state index in [1.807, 2.05) is 25.1 Å². The summed E-state index contributed by atoms with van der Waals surface area (Å²) in [6.45, 7) is 2.05. The van der Waals surface area contributed by atoms with E-state index >= 15 is 0 Å². The standard InChI is InChI=1S/C19H22BrN3O/c1-13-11-14(20)7-8-17(13)22-16-9-10-21-18(12-16)19(24)23-15-5-3-2-4-6-15/h7-12,15H,2-6H2,1H3,(H,21,22)(H,23,24). The molecule has 1 heterocycles. The van der Waals surface area contributed by atoms with E-state index in [2.05, 4.69) is 37.6 Å². The molecule has 1 amide bonds. The minimum absolute atomic E-state index is 0.0851. The van der Waals surface area contributed by atoms with Crippen molar-refractivity contribution in [3.63, 3.8) is 0 Å². The molecule has 1 aliphatic carbocycles. The van der Waals surface area contributed by atoms with E-state index in [-0.39, 0.29) is 5.91 Å². The lowest BCUT2D eigenvalue weighted by Gasteiger charge is -2.22. The minimum atomic E-state index is -0.0851. The van der Waals surface area contributed by atoms with Crippen LogP contribution in [0.25, 0.3) is 0 Å². The Balaban J connectivity index is 1.70. The molecule has 0 spiro atoms. The highest BCUT2D eigenvalue weighted by atomic mass is 79.9. The van der Waals surface area contributed by atoms with Gasteiger partial charge in [-0.25, -0.2) is 0 Å². The number of halogens is 1. The van der Waals surface area contributed by atoms with E-state index in [1.54, 1.807) is 12.3 Å². The van der Waals surface area contributed by atoms with Crippen LogP contribution in [-0.2, 0) is 0 Å². The zero-order chi connectivity index (χ0) is 16.9. The van der Waals surface area contributed by atoms with Crippen LogP contribution in [-0.4, -0.2) is 16.9 Å². The van der Waals surface area contributed by atoms with Crippen LogP contribution >= 0.6 is 15.9 Å². The Bertz CT molecular complexity index is 726. The molecule has 24 heavy (non-hydrogen) atoms. The van der Waals surface area contributed by atoms with E-state index < -0.39 is 0 Å². The first-order valence-electron chi connectivity index (χ1n) is 8.42. The van der Waals surface area contributed by atoms with Crippen molar-refractivity contribution in [2.45, 2.75) is 45.1 Å². The fraction of sp³-hybridized carbons (Fsp3) is 0.368. The Morgan fingerprint density at radius 1 is 1.17 bits per heavy atom. The quantitative estimate of drug-likeness (QED) is 0.779. The van der Waals surface area contributed by atoms with Gasteiger partial charge in [-0.2, -0.15) is 0 Å². The summed E-state index contributed by atoms with van der Waals surface area (Å²) < 4.78 is 1.05. The maximum absolute atomic E-state index is 12.4. The molecular weight excluding hydrogens is 366 g/mol. The van der Waals surface area contributed by atoms with Crippen molar-refractivity contribution in [2.75, 3.05) is 5.32 Å². The van der Waals surface area contributed by atoms with E-state index in [0.29, 0.717) is 11.7 Å². The van der Waals surface area contributed by atoms with Crippen LogP contribution in [0.2, 0.25) is 0 Å². The Morgan fingerprint density at radius 3 is 2.71 bits per heavy atom. The normalized spacial score (nSPS) is 15.1. The number of anilines is 2. The van der Waals surface area contributed by atoms with Crippen LogP contribution < -0.4 is 10.6 Å². The molecule has 1 aromatic heterocycles. The van der Waals surface area contributed by atoms with Gasteiger partial charge >= 0.3 is 0 Å². The topological polar surface area (TPSA) is 54.0 Å². The first-order valence-corrected chi connectivity index (χ1v) is 9.21. The number of carbonyl (C=O) groups is 1. The number of hydrogen-bond acceptors (Lipinski definition) is 3. The second-order valence-corrected chi connectivity index (χ2v) is 7.24. The molecule has 2 N–H and O–H groups in total. The summed E-state index contributed by atoms with van der Waals surface area (Å²) in [4.78, 5) is 16.6. The molecule has 1 fully saturated rings. The number of aromatic nitrogens is 1. The minimum Gasteiger partial charge on any atom is -0.355 e. The number of pyridine rings is 1. The summed E-state index contributed by atoms with van der Waals surface area (Å²) >= 11 is 3.47. The average molecular weight is 388 g/mol. The van der Waals surface area contributed by atoms with Crippen molar-refractivity contribution < 1.29 is 4.79 Å². The molecule has 1 saturated carbocycles. The lowest BCUT2D eigenvalue weighted by atomic mass is 9.95. The number of nitrogens with zero attached hydrogens (tertiary/aromatic N) is 1. The van der Waals surface area contributed by atoms with Crippen LogP contribution in [0.3, 0.4) is 0 Å². The fourth-order valence-corrected chi connectivity index (χ4v) is 3.54. The summed E-state index contributed by atoms with van der Waals surface area (Å²) in [6, 6.07) is 10.0. The molecule has 3 rings (SSSR count). The molecule has 5 heteroatoms. The zero-order valence-electron chi connectivity index (χ0n) is 13.8. The van der Waals surface area contributed by atoms with Crippen LogP contribution in [0, 0.1) is 6.92 Å². The summed E-state index contributed by atoms with van der Waals surface area (Å²) in [5, 5.41) is 6.47. The highest BCUT2D eigenvalue weighted by Gasteiger charge is 2.17. The summed E-state index contributed by atoms with van der Waals surface area (Å²) in [6.07, 6.45) is 7.48. The highest BCUT2D eigenvalue weighted by Crippen LogP contribution is 2.24. The van der Waals surface area contributed by atoms with Crippen molar-refractivity contribution in [3.05, 3.63) is 52.3 Å². The van der Waals surface area contributed by atoms with Crippen molar-refractivity contribution in [2.24, 2.45) is 0 Å². The Labute approximate surface area is 151 Å². The summed E-state index contributed by atoms with van der Waals surface area (Å²) in [5.74, 6) is -0.0851. The van der Waals surface area contributed by atoms with Gasteiger partial charge in [-0.3, -0.25) is 9.78 Å². The number of nitrogens with one attached hydrogen (secondary N) is 2. The lowest BCUT2D eigenvalue weighted by Crippen LogP contribution is -2.36. The zero-order valence-corrected chi connectivity index (χ0v) is 15.4. The number of hydrogen-bond donors (Lipinski definition) is 2. The molecule has 0 atom stereocenters. The number of aryl methyl sites for hydroxylation is 1. The van der Waals surface area contributed by atoms with Gasteiger partial charge in [0.1, 0.15) is 5.69 Å². The van der Waals surface area contributed by atoms with Gasteiger partial charge in [-0.1, -0.05) is 35.2 Å². The van der Waals surface area contributed by atoms with Gasteiger partial charge in [0.25, 0.3) is 5.91 Å². The van der Waals surface area contributed by atoms with Crippen LogP contribution in [0.1, 0.15) is 48.2 Å². The van der Waals surface area contributed by atoms with Crippen LogP contribution in [0.5, 0.6) is 0 Å². The molecule has 1 aliphatic rings. The van der Waals surface area contributed by atoms with Crippen LogP contribution in [0.4, 0.5) is 11.4 Å². The molecule has 1 aromatic carbocycles. The predicted molar refractivity (Wildman–Crippen MR) is 101 cm³/mol. The molecule has 4 nitrogen and oxygen atoms in total. The number of amides is 1. The van der Waals surface area contributed by atoms with Crippen molar-refractivity contribution >= 4 is 33.2 Å². The van der Waals surface area contributed by atoms with Crippen LogP contribution in [0.15, 0.2) is 41.0 Å². The number of benzene rings is 1.